The summed E-state index contributed by atoms with van der Waals surface area (Å²) in [6.45, 7) is 9.92. The lowest BCUT2D eigenvalue weighted by molar-refractivity contribution is 0.171. The van der Waals surface area contributed by atoms with Gasteiger partial charge in [-0.1, -0.05) is 6.07 Å². The van der Waals surface area contributed by atoms with Crippen molar-refractivity contribution in [2.24, 2.45) is 0 Å². The topological polar surface area (TPSA) is 62.8 Å². The van der Waals surface area contributed by atoms with Crippen LogP contribution in [0.1, 0.15) is 25.0 Å². The highest BCUT2D eigenvalue weighted by molar-refractivity contribution is 5.90. The zero-order chi connectivity index (χ0) is 19.9. The fourth-order valence-corrected chi connectivity index (χ4v) is 3.30. The largest absolute Gasteiger partial charge is 0.486 e. The molecule has 2 aromatic rings. The van der Waals surface area contributed by atoms with Crippen LogP contribution in [0.5, 0.6) is 11.5 Å². The van der Waals surface area contributed by atoms with Crippen molar-refractivity contribution in [3.63, 3.8) is 0 Å². The number of carbonyl (C=O) groups is 1. The van der Waals surface area contributed by atoms with Gasteiger partial charge >= 0.3 is 6.03 Å². The molecule has 150 valence electrons. The van der Waals surface area contributed by atoms with E-state index < -0.39 is 0 Å². The van der Waals surface area contributed by atoms with Crippen LogP contribution in [-0.2, 0) is 6.42 Å². The van der Waals surface area contributed by atoms with Gasteiger partial charge in [-0.15, -0.1) is 0 Å². The van der Waals surface area contributed by atoms with E-state index in [2.05, 4.69) is 35.4 Å². The lowest BCUT2D eigenvalue weighted by Gasteiger charge is -2.22. The van der Waals surface area contributed by atoms with Crippen LogP contribution in [0.15, 0.2) is 36.4 Å². The average molecular weight is 383 g/mol. The Morgan fingerprint density at radius 2 is 1.79 bits per heavy atom. The third kappa shape index (κ3) is 4.88. The molecule has 0 spiro atoms. The Bertz CT molecular complexity index is 819. The monoisotopic (exact) mass is 383 g/mol. The number of ether oxygens (including phenoxy) is 2. The van der Waals surface area contributed by atoms with E-state index >= 15 is 0 Å². The predicted octanol–water partition coefficient (Wildman–Crippen LogP) is 3.98. The van der Waals surface area contributed by atoms with Crippen LogP contribution in [0.3, 0.4) is 0 Å². The van der Waals surface area contributed by atoms with Gasteiger partial charge in [-0.05, 0) is 68.7 Å². The summed E-state index contributed by atoms with van der Waals surface area (Å²) >= 11 is 0. The van der Waals surface area contributed by atoms with Gasteiger partial charge in [0.05, 0.1) is 0 Å². The molecule has 1 aliphatic heterocycles. The highest BCUT2D eigenvalue weighted by Gasteiger charge is 2.12. The number of anilines is 2. The Morgan fingerprint density at radius 1 is 1.04 bits per heavy atom. The number of benzene rings is 2. The van der Waals surface area contributed by atoms with Gasteiger partial charge in [-0.2, -0.15) is 0 Å². The van der Waals surface area contributed by atoms with Gasteiger partial charge in [-0.3, -0.25) is 0 Å². The molecule has 0 saturated carbocycles. The van der Waals surface area contributed by atoms with Crippen molar-refractivity contribution in [3.05, 3.63) is 47.5 Å². The molecule has 6 nitrogen and oxygen atoms in total. The molecule has 6 heteroatoms. The first-order valence-electron chi connectivity index (χ1n) is 9.89. The first kappa shape index (κ1) is 19.9. The molecule has 2 aromatic carbocycles. The summed E-state index contributed by atoms with van der Waals surface area (Å²) in [5.74, 6) is 1.56. The van der Waals surface area contributed by atoms with Crippen molar-refractivity contribution < 1.29 is 14.3 Å². The van der Waals surface area contributed by atoms with E-state index in [1.54, 1.807) is 0 Å². The average Bonchev–Trinajstić information content (AvgIpc) is 2.71. The number of hydrogen-bond acceptors (Lipinski definition) is 4. The molecule has 0 radical (unpaired) electrons. The highest BCUT2D eigenvalue weighted by atomic mass is 16.6. The summed E-state index contributed by atoms with van der Waals surface area (Å²) in [5, 5.41) is 5.85. The summed E-state index contributed by atoms with van der Waals surface area (Å²) < 4.78 is 11.1. The molecule has 28 heavy (non-hydrogen) atoms. The summed E-state index contributed by atoms with van der Waals surface area (Å²) in [6.07, 6.45) is 0.726. The maximum atomic E-state index is 12.2. The maximum absolute atomic E-state index is 12.2. The zero-order valence-electron chi connectivity index (χ0n) is 16.9. The van der Waals surface area contributed by atoms with Gasteiger partial charge in [0.1, 0.15) is 13.2 Å². The standard InChI is InChI=1S/C22H29N3O3/c1-4-25(5-2)18-7-8-19(16(3)14-18)24-22(26)23-11-10-17-6-9-20-21(15-17)28-13-12-27-20/h6-9,14-15H,4-5,10-13H2,1-3H3,(H2,23,24,26). The molecule has 0 unspecified atom stereocenters. The van der Waals surface area contributed by atoms with Crippen molar-refractivity contribution in [2.75, 3.05) is 43.1 Å². The number of nitrogens with one attached hydrogen (secondary N) is 2. The van der Waals surface area contributed by atoms with Gasteiger partial charge in [0.25, 0.3) is 0 Å². The van der Waals surface area contributed by atoms with Gasteiger partial charge in [0.2, 0.25) is 0 Å². The fourth-order valence-electron chi connectivity index (χ4n) is 3.30. The number of nitrogens with zero attached hydrogens (tertiary/aromatic N) is 1. The first-order valence-corrected chi connectivity index (χ1v) is 9.89. The molecule has 2 amide bonds. The molecule has 2 N–H and O–H groups in total. The van der Waals surface area contributed by atoms with Gasteiger partial charge in [0, 0.05) is 31.0 Å². The van der Waals surface area contributed by atoms with E-state index in [0.29, 0.717) is 19.8 Å². The second-order valence-corrected chi connectivity index (χ2v) is 6.78. The van der Waals surface area contributed by atoms with Gasteiger partial charge in [-0.25, -0.2) is 4.79 Å². The number of fused-ring (bicyclic) bond motifs is 1. The van der Waals surface area contributed by atoms with E-state index in [0.717, 1.165) is 47.8 Å². The molecule has 0 saturated heterocycles. The number of carbonyl (C=O) groups excluding carboxylic acids is 1. The summed E-state index contributed by atoms with van der Waals surface area (Å²) in [4.78, 5) is 14.5. The minimum absolute atomic E-state index is 0.198. The first-order chi connectivity index (χ1) is 13.6. The van der Waals surface area contributed by atoms with Crippen LogP contribution in [0.25, 0.3) is 0 Å². The lowest BCUT2D eigenvalue weighted by Crippen LogP contribution is -2.30. The normalized spacial score (nSPS) is 12.4. The smallest absolute Gasteiger partial charge is 0.319 e. The molecule has 3 rings (SSSR count). The molecular formula is C22H29N3O3. The van der Waals surface area contributed by atoms with Gasteiger partial charge < -0.3 is 25.0 Å². The van der Waals surface area contributed by atoms with Crippen molar-refractivity contribution in [3.8, 4) is 11.5 Å². The fraction of sp³-hybridized carbons (Fsp3) is 0.409. The molecule has 0 fully saturated rings. The summed E-state index contributed by atoms with van der Waals surface area (Å²) in [7, 11) is 0. The highest BCUT2D eigenvalue weighted by Crippen LogP contribution is 2.30. The van der Waals surface area contributed by atoms with Crippen LogP contribution < -0.4 is 25.0 Å². The van der Waals surface area contributed by atoms with E-state index in [1.165, 1.54) is 5.69 Å². The number of rotatable bonds is 7. The molecule has 0 atom stereocenters. The number of aryl methyl sites for hydroxylation is 1. The second kappa shape index (κ2) is 9.35. The predicted molar refractivity (Wildman–Crippen MR) is 113 cm³/mol. The maximum Gasteiger partial charge on any atom is 0.319 e. The van der Waals surface area contributed by atoms with E-state index in [-0.39, 0.29) is 6.03 Å². The quantitative estimate of drug-likeness (QED) is 0.759. The van der Waals surface area contributed by atoms with Crippen LogP contribution in [-0.4, -0.2) is 38.9 Å². The van der Waals surface area contributed by atoms with E-state index in [9.17, 15) is 4.79 Å². The van der Waals surface area contributed by atoms with E-state index in [4.69, 9.17) is 9.47 Å². The number of hydrogen-bond donors (Lipinski definition) is 2. The second-order valence-electron chi connectivity index (χ2n) is 6.78. The Morgan fingerprint density at radius 3 is 2.50 bits per heavy atom. The van der Waals surface area contributed by atoms with Crippen LogP contribution in [0.4, 0.5) is 16.2 Å². The summed E-state index contributed by atoms with van der Waals surface area (Å²) in [6, 6.07) is 11.8. The van der Waals surface area contributed by atoms with Gasteiger partial charge in [0.15, 0.2) is 11.5 Å². The third-order valence-electron chi connectivity index (χ3n) is 4.89. The minimum atomic E-state index is -0.198. The SMILES string of the molecule is CCN(CC)c1ccc(NC(=O)NCCc2ccc3c(c2)OCCO3)c(C)c1. The Balaban J connectivity index is 1.50. The number of amides is 2. The summed E-state index contributed by atoms with van der Waals surface area (Å²) in [5.41, 5.74) is 4.15. The molecular weight excluding hydrogens is 354 g/mol. The molecule has 0 aromatic heterocycles. The van der Waals surface area contributed by atoms with Crippen molar-refractivity contribution >= 4 is 17.4 Å². The Kier molecular flexibility index (Phi) is 6.63. The molecule has 1 aliphatic rings. The zero-order valence-corrected chi connectivity index (χ0v) is 16.9. The van der Waals surface area contributed by atoms with Crippen LogP contribution in [0, 0.1) is 6.92 Å². The third-order valence-corrected chi connectivity index (χ3v) is 4.89. The number of urea groups is 1. The minimum Gasteiger partial charge on any atom is -0.486 e. The van der Waals surface area contributed by atoms with Crippen molar-refractivity contribution in [2.45, 2.75) is 27.2 Å². The Labute approximate surface area is 166 Å². The Hall–Kier alpha value is -2.89. The molecule has 0 bridgehead atoms. The van der Waals surface area contributed by atoms with Crippen molar-refractivity contribution in [1.82, 2.24) is 5.32 Å². The van der Waals surface area contributed by atoms with Crippen LogP contribution in [0.2, 0.25) is 0 Å². The lowest BCUT2D eigenvalue weighted by atomic mass is 10.1. The van der Waals surface area contributed by atoms with Crippen molar-refractivity contribution in [1.29, 1.82) is 0 Å². The van der Waals surface area contributed by atoms with Crippen LogP contribution >= 0.6 is 0 Å². The molecule has 0 aliphatic carbocycles. The van der Waals surface area contributed by atoms with E-state index in [1.807, 2.05) is 37.3 Å². The molecule has 1 heterocycles.